The number of aliphatic carboxylic acids is 1. The third kappa shape index (κ3) is 5.48. The summed E-state index contributed by atoms with van der Waals surface area (Å²) < 4.78 is 0. The van der Waals surface area contributed by atoms with Gasteiger partial charge in [-0.1, -0.05) is 13.8 Å². The van der Waals surface area contributed by atoms with Gasteiger partial charge >= 0.3 is 5.97 Å². The van der Waals surface area contributed by atoms with Crippen molar-refractivity contribution in [3.63, 3.8) is 0 Å². The van der Waals surface area contributed by atoms with Crippen LogP contribution in [-0.2, 0) is 4.79 Å². The zero-order valence-corrected chi connectivity index (χ0v) is 12.5. The number of hydrogen-bond donors (Lipinski definition) is 2. The maximum Gasteiger partial charge on any atom is 0.306 e. The van der Waals surface area contributed by atoms with Crippen LogP contribution >= 0.6 is 0 Å². The summed E-state index contributed by atoms with van der Waals surface area (Å²) in [6, 6.07) is 2.14. The smallest absolute Gasteiger partial charge is 0.306 e. The van der Waals surface area contributed by atoms with Crippen LogP contribution in [-0.4, -0.2) is 46.3 Å². The summed E-state index contributed by atoms with van der Waals surface area (Å²) in [7, 11) is 0. The Balaban J connectivity index is 2.54. The maximum atomic E-state index is 10.9. The molecule has 0 bridgehead atoms. The average Bonchev–Trinajstić information content (AvgIpc) is 2.35. The monoisotopic (exact) mass is 282 g/mol. The molecular formula is C15H26N2O3. The fourth-order valence-electron chi connectivity index (χ4n) is 2.94. The van der Waals surface area contributed by atoms with Gasteiger partial charge in [-0.15, -0.1) is 0 Å². The lowest BCUT2D eigenvalue weighted by molar-refractivity contribution is -0.145. The third-order valence-electron chi connectivity index (χ3n) is 3.95. The molecule has 1 saturated carbocycles. The van der Waals surface area contributed by atoms with Gasteiger partial charge in [-0.05, 0) is 31.6 Å². The van der Waals surface area contributed by atoms with E-state index in [-0.39, 0.29) is 5.92 Å². The summed E-state index contributed by atoms with van der Waals surface area (Å²) in [6.45, 7) is 6.29. The first-order chi connectivity index (χ1) is 9.36. The molecule has 0 aliphatic heterocycles. The average molecular weight is 282 g/mol. The second kappa shape index (κ2) is 7.61. The van der Waals surface area contributed by atoms with Crippen LogP contribution in [0.5, 0.6) is 0 Å². The van der Waals surface area contributed by atoms with Gasteiger partial charge in [-0.3, -0.25) is 9.69 Å². The van der Waals surface area contributed by atoms with Crippen molar-refractivity contribution in [3.05, 3.63) is 0 Å². The molecule has 0 saturated heterocycles. The second-order valence-corrected chi connectivity index (χ2v) is 6.37. The highest BCUT2D eigenvalue weighted by atomic mass is 16.4. The Morgan fingerprint density at radius 3 is 2.50 bits per heavy atom. The van der Waals surface area contributed by atoms with Crippen LogP contribution in [0.3, 0.4) is 0 Å². The molecule has 1 aliphatic carbocycles. The molecule has 0 aromatic heterocycles. The third-order valence-corrected chi connectivity index (χ3v) is 3.95. The van der Waals surface area contributed by atoms with Gasteiger partial charge in [-0.2, -0.15) is 5.26 Å². The molecule has 20 heavy (non-hydrogen) atoms. The van der Waals surface area contributed by atoms with Crippen molar-refractivity contribution < 1.29 is 15.0 Å². The van der Waals surface area contributed by atoms with Crippen LogP contribution in [0.15, 0.2) is 0 Å². The first-order valence-electron chi connectivity index (χ1n) is 7.41. The zero-order chi connectivity index (χ0) is 15.2. The van der Waals surface area contributed by atoms with Crippen LogP contribution in [0, 0.1) is 23.2 Å². The highest BCUT2D eigenvalue weighted by Gasteiger charge is 2.36. The van der Waals surface area contributed by atoms with E-state index < -0.39 is 11.6 Å². The number of nitrogens with zero attached hydrogens (tertiary/aromatic N) is 2. The van der Waals surface area contributed by atoms with Gasteiger partial charge in [0.05, 0.1) is 17.6 Å². The molecule has 1 fully saturated rings. The standard InChI is InChI=1S/C15H26N2O3/c1-12(2)10-17(9-3-8-16)11-15(20)6-4-13(5-7-15)14(18)19/h12-13,20H,3-7,9-11H2,1-2H3,(H,18,19). The van der Waals surface area contributed by atoms with Crippen molar-refractivity contribution >= 4 is 5.97 Å². The topological polar surface area (TPSA) is 84.6 Å². The molecule has 0 heterocycles. The minimum Gasteiger partial charge on any atom is -0.481 e. The number of nitriles is 1. The second-order valence-electron chi connectivity index (χ2n) is 6.37. The molecule has 5 heteroatoms. The van der Waals surface area contributed by atoms with Crippen molar-refractivity contribution in [3.8, 4) is 6.07 Å². The lowest BCUT2D eigenvalue weighted by atomic mass is 9.78. The highest BCUT2D eigenvalue weighted by Crippen LogP contribution is 2.33. The first-order valence-corrected chi connectivity index (χ1v) is 7.41. The predicted octanol–water partition coefficient (Wildman–Crippen LogP) is 1.86. The molecular weight excluding hydrogens is 256 g/mol. The van der Waals surface area contributed by atoms with Gasteiger partial charge in [-0.25, -0.2) is 0 Å². The van der Waals surface area contributed by atoms with Crippen LogP contribution in [0.1, 0.15) is 46.0 Å². The fourth-order valence-corrected chi connectivity index (χ4v) is 2.94. The molecule has 0 atom stereocenters. The fraction of sp³-hybridized carbons (Fsp3) is 0.867. The van der Waals surface area contributed by atoms with E-state index >= 15 is 0 Å². The molecule has 2 N–H and O–H groups in total. The number of carboxylic acids is 1. The minimum atomic E-state index is -0.795. The van der Waals surface area contributed by atoms with E-state index in [4.69, 9.17) is 10.4 Å². The van der Waals surface area contributed by atoms with E-state index in [0.717, 1.165) is 6.54 Å². The number of rotatable bonds is 7. The molecule has 1 rings (SSSR count). The first kappa shape index (κ1) is 16.9. The van der Waals surface area contributed by atoms with Gasteiger partial charge in [0.25, 0.3) is 0 Å². The summed E-state index contributed by atoms with van der Waals surface area (Å²) in [6.07, 6.45) is 2.61. The number of carboxylic acid groups (broad SMARTS) is 1. The van der Waals surface area contributed by atoms with Crippen LogP contribution in [0.25, 0.3) is 0 Å². The summed E-state index contributed by atoms with van der Waals surface area (Å²) in [5.41, 5.74) is -0.795. The molecule has 5 nitrogen and oxygen atoms in total. The summed E-state index contributed by atoms with van der Waals surface area (Å²) in [5.74, 6) is -0.587. The Kier molecular flexibility index (Phi) is 6.44. The van der Waals surface area contributed by atoms with Crippen LogP contribution in [0.4, 0.5) is 0 Å². The maximum absolute atomic E-state index is 10.9. The Morgan fingerprint density at radius 1 is 1.45 bits per heavy atom. The van der Waals surface area contributed by atoms with Crippen LogP contribution < -0.4 is 0 Å². The Hall–Kier alpha value is -1.12. The lowest BCUT2D eigenvalue weighted by Crippen LogP contribution is -2.47. The molecule has 0 spiro atoms. The van der Waals surface area contributed by atoms with E-state index in [0.29, 0.717) is 51.1 Å². The van der Waals surface area contributed by atoms with E-state index in [1.54, 1.807) is 0 Å². The van der Waals surface area contributed by atoms with Gasteiger partial charge in [0.1, 0.15) is 0 Å². The van der Waals surface area contributed by atoms with Crippen molar-refractivity contribution in [1.82, 2.24) is 4.90 Å². The van der Waals surface area contributed by atoms with Crippen molar-refractivity contribution in [2.24, 2.45) is 11.8 Å². The largest absolute Gasteiger partial charge is 0.481 e. The summed E-state index contributed by atoms with van der Waals surface area (Å²) in [5, 5.41) is 28.3. The SMILES string of the molecule is CC(C)CN(CCC#N)CC1(O)CCC(C(=O)O)CC1. The molecule has 0 amide bonds. The van der Waals surface area contributed by atoms with Gasteiger partial charge < -0.3 is 10.2 Å². The Bertz CT molecular complexity index is 355. The molecule has 0 aromatic rings. The van der Waals surface area contributed by atoms with Gasteiger partial charge in [0, 0.05) is 26.1 Å². The highest BCUT2D eigenvalue weighted by molar-refractivity contribution is 5.70. The lowest BCUT2D eigenvalue weighted by Gasteiger charge is -2.39. The Morgan fingerprint density at radius 2 is 2.05 bits per heavy atom. The molecule has 0 aromatic carbocycles. The van der Waals surface area contributed by atoms with E-state index in [1.807, 2.05) is 0 Å². The van der Waals surface area contributed by atoms with E-state index in [2.05, 4.69) is 24.8 Å². The van der Waals surface area contributed by atoms with Crippen LogP contribution in [0.2, 0.25) is 0 Å². The summed E-state index contributed by atoms with van der Waals surface area (Å²) in [4.78, 5) is 13.1. The molecule has 1 aliphatic rings. The number of carbonyl (C=O) groups is 1. The molecule has 114 valence electrons. The molecule has 0 radical (unpaired) electrons. The Labute approximate surface area is 121 Å². The molecule has 0 unspecified atom stereocenters. The normalized spacial score (nSPS) is 26.7. The van der Waals surface area contributed by atoms with Crippen molar-refractivity contribution in [1.29, 1.82) is 5.26 Å². The summed E-state index contributed by atoms with van der Waals surface area (Å²) >= 11 is 0. The number of aliphatic hydroxyl groups is 1. The quantitative estimate of drug-likeness (QED) is 0.744. The number of hydrogen-bond acceptors (Lipinski definition) is 4. The minimum absolute atomic E-state index is 0.312. The zero-order valence-electron chi connectivity index (χ0n) is 12.5. The van der Waals surface area contributed by atoms with Crippen molar-refractivity contribution in [2.45, 2.75) is 51.6 Å². The van der Waals surface area contributed by atoms with E-state index in [9.17, 15) is 9.90 Å². The van der Waals surface area contributed by atoms with Gasteiger partial charge in [0.15, 0.2) is 0 Å². The van der Waals surface area contributed by atoms with E-state index in [1.165, 1.54) is 0 Å². The van der Waals surface area contributed by atoms with Crippen molar-refractivity contribution in [2.75, 3.05) is 19.6 Å². The van der Waals surface area contributed by atoms with Gasteiger partial charge in [0.2, 0.25) is 0 Å². The predicted molar refractivity (Wildman–Crippen MR) is 76.1 cm³/mol.